The molecule has 0 amide bonds. The second-order valence-electron chi connectivity index (χ2n) is 5.26. The van der Waals surface area contributed by atoms with Crippen molar-refractivity contribution in [3.05, 3.63) is 66.7 Å². The number of carbonyl (C=O) groups is 1. The highest BCUT2D eigenvalue weighted by Crippen LogP contribution is 2.18. The van der Waals surface area contributed by atoms with E-state index >= 15 is 0 Å². The van der Waals surface area contributed by atoms with Gasteiger partial charge in [-0.05, 0) is 49.7 Å². The van der Waals surface area contributed by atoms with Gasteiger partial charge in [0.05, 0.1) is 6.61 Å². The Morgan fingerprint density at radius 3 is 2.26 bits per heavy atom. The van der Waals surface area contributed by atoms with Crippen LogP contribution in [0, 0.1) is 0 Å². The van der Waals surface area contributed by atoms with Crippen molar-refractivity contribution < 1.29 is 9.53 Å². The molecule has 0 aliphatic rings. The van der Waals surface area contributed by atoms with Gasteiger partial charge in [-0.15, -0.1) is 0 Å². The van der Waals surface area contributed by atoms with Crippen molar-refractivity contribution in [2.75, 3.05) is 23.8 Å². The van der Waals surface area contributed by atoms with Crippen molar-refractivity contribution in [2.45, 2.75) is 13.3 Å². The number of nitrogens with one attached hydrogen (secondary N) is 2. The molecule has 0 spiro atoms. The Morgan fingerprint density at radius 2 is 1.61 bits per heavy atom. The molecule has 0 unspecified atom stereocenters. The maximum absolute atomic E-state index is 11.2. The molecule has 0 saturated heterocycles. The first-order chi connectivity index (χ1) is 11.1. The number of anilines is 3. The van der Waals surface area contributed by atoms with Gasteiger partial charge in [0.25, 0.3) is 0 Å². The summed E-state index contributed by atoms with van der Waals surface area (Å²) in [6.45, 7) is 6.33. The molecule has 0 saturated carbocycles. The molecule has 0 fully saturated rings. The minimum absolute atomic E-state index is 0.332. The van der Waals surface area contributed by atoms with E-state index in [1.54, 1.807) is 6.92 Å². The minimum Gasteiger partial charge on any atom is -0.462 e. The molecule has 0 aliphatic heterocycles. The zero-order valence-corrected chi connectivity index (χ0v) is 13.3. The first kappa shape index (κ1) is 16.6. The molecule has 2 rings (SSSR count). The van der Waals surface area contributed by atoms with Crippen LogP contribution in [-0.2, 0) is 9.53 Å². The third-order valence-electron chi connectivity index (χ3n) is 3.18. The van der Waals surface area contributed by atoms with Crippen LogP contribution in [0.25, 0.3) is 0 Å². The highest BCUT2D eigenvalue weighted by Gasteiger charge is 2.01. The van der Waals surface area contributed by atoms with Gasteiger partial charge in [-0.25, -0.2) is 4.79 Å². The van der Waals surface area contributed by atoms with Crippen LogP contribution in [0.4, 0.5) is 17.1 Å². The van der Waals surface area contributed by atoms with E-state index in [0.29, 0.717) is 12.2 Å². The van der Waals surface area contributed by atoms with E-state index in [4.69, 9.17) is 4.74 Å². The second kappa shape index (κ2) is 8.63. The van der Waals surface area contributed by atoms with Gasteiger partial charge in [0.15, 0.2) is 0 Å². The predicted octanol–water partition coefficient (Wildman–Crippen LogP) is 4.35. The molecule has 2 N–H and O–H groups in total. The molecular weight excluding hydrogens is 288 g/mol. The van der Waals surface area contributed by atoms with Crippen LogP contribution in [0.15, 0.2) is 66.7 Å². The van der Waals surface area contributed by atoms with E-state index in [0.717, 1.165) is 30.0 Å². The van der Waals surface area contributed by atoms with Crippen molar-refractivity contribution in [3.8, 4) is 0 Å². The van der Waals surface area contributed by atoms with Crippen molar-refractivity contribution in [3.63, 3.8) is 0 Å². The van der Waals surface area contributed by atoms with Crippen LogP contribution in [-0.4, -0.2) is 19.1 Å². The first-order valence-electron chi connectivity index (χ1n) is 7.64. The summed E-state index contributed by atoms with van der Waals surface area (Å²) in [6.07, 6.45) is 0.753. The summed E-state index contributed by atoms with van der Waals surface area (Å²) in [5.41, 5.74) is 3.57. The minimum atomic E-state index is -0.332. The summed E-state index contributed by atoms with van der Waals surface area (Å²) in [7, 11) is 0. The highest BCUT2D eigenvalue weighted by molar-refractivity contribution is 5.86. The van der Waals surface area contributed by atoms with Gasteiger partial charge in [0, 0.05) is 29.2 Å². The lowest BCUT2D eigenvalue weighted by molar-refractivity contribution is -0.138. The monoisotopic (exact) mass is 310 g/mol. The number of rotatable bonds is 8. The highest BCUT2D eigenvalue weighted by atomic mass is 16.5. The molecule has 4 heteroatoms. The molecule has 0 atom stereocenters. The summed E-state index contributed by atoms with van der Waals surface area (Å²) in [6, 6.07) is 18.1. The van der Waals surface area contributed by atoms with E-state index in [1.165, 1.54) is 0 Å². The Kier molecular flexibility index (Phi) is 6.24. The number of ether oxygens (including phenoxy) is 1. The van der Waals surface area contributed by atoms with Crippen molar-refractivity contribution >= 4 is 23.0 Å². The lowest BCUT2D eigenvalue weighted by Gasteiger charge is -2.09. The Labute approximate surface area is 137 Å². The summed E-state index contributed by atoms with van der Waals surface area (Å²) >= 11 is 0. The van der Waals surface area contributed by atoms with E-state index < -0.39 is 0 Å². The Morgan fingerprint density at radius 1 is 1.00 bits per heavy atom. The SMILES string of the molecule is C=C(C)C(=O)OCCCNc1ccc(Nc2ccccc2)cc1. The standard InChI is InChI=1S/C19H22N2O2/c1-15(2)19(22)23-14-6-13-20-16-9-11-18(12-10-16)21-17-7-4-3-5-8-17/h3-5,7-12,20-21H,1,6,13-14H2,2H3. The largest absolute Gasteiger partial charge is 0.462 e. The number of para-hydroxylation sites is 1. The fourth-order valence-corrected chi connectivity index (χ4v) is 1.95. The van der Waals surface area contributed by atoms with Gasteiger partial charge >= 0.3 is 5.97 Å². The zero-order valence-electron chi connectivity index (χ0n) is 13.3. The predicted molar refractivity (Wildman–Crippen MR) is 95.0 cm³/mol. The number of carbonyl (C=O) groups excluding carboxylic acids is 1. The molecule has 2 aromatic rings. The fourth-order valence-electron chi connectivity index (χ4n) is 1.95. The fraction of sp³-hybridized carbons (Fsp3) is 0.211. The molecule has 0 heterocycles. The van der Waals surface area contributed by atoms with Gasteiger partial charge in [0.1, 0.15) is 0 Å². The Bertz CT molecular complexity index is 636. The van der Waals surface area contributed by atoms with Crippen LogP contribution in [0.3, 0.4) is 0 Å². The molecule has 2 aromatic carbocycles. The average molecular weight is 310 g/mol. The molecule has 0 radical (unpaired) electrons. The quantitative estimate of drug-likeness (QED) is 0.432. The van der Waals surface area contributed by atoms with Crippen LogP contribution in [0.2, 0.25) is 0 Å². The van der Waals surface area contributed by atoms with E-state index in [-0.39, 0.29) is 5.97 Å². The van der Waals surface area contributed by atoms with Gasteiger partial charge in [-0.2, -0.15) is 0 Å². The molecule has 120 valence electrons. The van der Waals surface area contributed by atoms with Crippen LogP contribution >= 0.6 is 0 Å². The van der Waals surface area contributed by atoms with Crippen LogP contribution < -0.4 is 10.6 Å². The Balaban J connectivity index is 1.71. The molecular formula is C19H22N2O2. The average Bonchev–Trinajstić information content (AvgIpc) is 2.56. The summed E-state index contributed by atoms with van der Waals surface area (Å²) in [4.78, 5) is 11.2. The van der Waals surface area contributed by atoms with Crippen LogP contribution in [0.1, 0.15) is 13.3 Å². The van der Waals surface area contributed by atoms with Gasteiger partial charge in [-0.3, -0.25) is 0 Å². The molecule has 4 nitrogen and oxygen atoms in total. The number of benzene rings is 2. The second-order valence-corrected chi connectivity index (χ2v) is 5.26. The zero-order chi connectivity index (χ0) is 16.5. The van der Waals surface area contributed by atoms with Gasteiger partial charge < -0.3 is 15.4 Å². The van der Waals surface area contributed by atoms with Crippen LogP contribution in [0.5, 0.6) is 0 Å². The molecule has 0 aliphatic carbocycles. The Hall–Kier alpha value is -2.75. The number of hydrogen-bond acceptors (Lipinski definition) is 4. The normalized spacial score (nSPS) is 9.96. The molecule has 0 bridgehead atoms. The smallest absolute Gasteiger partial charge is 0.333 e. The molecule has 23 heavy (non-hydrogen) atoms. The van der Waals surface area contributed by atoms with E-state index in [1.807, 2.05) is 54.6 Å². The summed E-state index contributed by atoms with van der Waals surface area (Å²) in [5, 5.41) is 6.63. The van der Waals surface area contributed by atoms with E-state index in [9.17, 15) is 4.79 Å². The third-order valence-corrected chi connectivity index (χ3v) is 3.18. The van der Waals surface area contributed by atoms with Gasteiger partial charge in [-0.1, -0.05) is 24.8 Å². The van der Waals surface area contributed by atoms with Gasteiger partial charge in [0.2, 0.25) is 0 Å². The third kappa shape index (κ3) is 5.87. The van der Waals surface area contributed by atoms with E-state index in [2.05, 4.69) is 17.2 Å². The maximum atomic E-state index is 11.2. The molecule has 0 aromatic heterocycles. The lowest BCUT2D eigenvalue weighted by atomic mass is 10.2. The summed E-state index contributed by atoms with van der Waals surface area (Å²) in [5.74, 6) is -0.332. The maximum Gasteiger partial charge on any atom is 0.333 e. The lowest BCUT2D eigenvalue weighted by Crippen LogP contribution is -2.10. The van der Waals surface area contributed by atoms with Crippen molar-refractivity contribution in [1.29, 1.82) is 0 Å². The van der Waals surface area contributed by atoms with Crippen molar-refractivity contribution in [2.24, 2.45) is 0 Å². The van der Waals surface area contributed by atoms with Crippen molar-refractivity contribution in [1.82, 2.24) is 0 Å². The topological polar surface area (TPSA) is 50.4 Å². The first-order valence-corrected chi connectivity index (χ1v) is 7.64. The number of esters is 1. The number of hydrogen-bond donors (Lipinski definition) is 2. The summed E-state index contributed by atoms with van der Waals surface area (Å²) < 4.78 is 5.04.